The highest BCUT2D eigenvalue weighted by Crippen LogP contribution is 2.32. The lowest BCUT2D eigenvalue weighted by Crippen LogP contribution is -2.39. The molecule has 21 heavy (non-hydrogen) atoms. The molecule has 0 spiro atoms. The van der Waals surface area contributed by atoms with Crippen LogP contribution in [0.15, 0.2) is 53.5 Å². The number of benzene rings is 2. The van der Waals surface area contributed by atoms with E-state index in [1.165, 1.54) is 12.1 Å². The summed E-state index contributed by atoms with van der Waals surface area (Å²) in [5, 5.41) is 3.84. The molecule has 2 aromatic rings. The summed E-state index contributed by atoms with van der Waals surface area (Å²) in [5.41, 5.74) is 7.95. The minimum atomic E-state index is -0.245. The number of hydrogen-bond acceptors (Lipinski definition) is 3. The second kappa shape index (κ2) is 5.74. The molecular weight excluding hydrogens is 289 g/mol. The smallest absolute Gasteiger partial charge is 0.189 e. The van der Waals surface area contributed by atoms with Crippen molar-refractivity contribution in [2.75, 3.05) is 0 Å². The number of hydrogen-bond donors (Lipinski definition) is 2. The number of nitrogens with one attached hydrogen (secondary N) is 1. The van der Waals surface area contributed by atoms with Crippen molar-refractivity contribution >= 4 is 17.6 Å². The van der Waals surface area contributed by atoms with E-state index in [4.69, 9.17) is 17.3 Å². The summed E-state index contributed by atoms with van der Waals surface area (Å²) in [5.74, 6) is 0.154. The standard InChI is InChI=1S/C16H15ClFN3/c17-12-5-1-10(2-6-12)14-9-15(21-16(19)20-14)11-3-7-13(18)8-4-11/h1-8,14-15H,9H2,(H3,19,20,21). The predicted molar refractivity (Wildman–Crippen MR) is 82.7 cm³/mol. The number of rotatable bonds is 2. The molecule has 0 amide bonds. The van der Waals surface area contributed by atoms with Gasteiger partial charge in [-0.25, -0.2) is 9.38 Å². The lowest BCUT2D eigenvalue weighted by Gasteiger charge is -2.28. The Morgan fingerprint density at radius 3 is 2.33 bits per heavy atom. The van der Waals surface area contributed by atoms with Crippen LogP contribution in [0, 0.1) is 5.82 Å². The van der Waals surface area contributed by atoms with Crippen LogP contribution < -0.4 is 11.1 Å². The van der Waals surface area contributed by atoms with Gasteiger partial charge < -0.3 is 11.1 Å². The molecule has 2 aromatic carbocycles. The Morgan fingerprint density at radius 2 is 1.67 bits per heavy atom. The number of guanidine groups is 1. The van der Waals surface area contributed by atoms with Crippen LogP contribution in [0.3, 0.4) is 0 Å². The average molecular weight is 304 g/mol. The van der Waals surface area contributed by atoms with Gasteiger partial charge in [0, 0.05) is 5.02 Å². The van der Waals surface area contributed by atoms with Gasteiger partial charge >= 0.3 is 0 Å². The van der Waals surface area contributed by atoms with Crippen molar-refractivity contribution in [1.29, 1.82) is 0 Å². The number of aliphatic imine (C=N–C) groups is 1. The zero-order chi connectivity index (χ0) is 14.8. The Balaban J connectivity index is 1.85. The molecule has 0 radical (unpaired) electrons. The molecule has 3 N–H and O–H groups in total. The topological polar surface area (TPSA) is 50.4 Å². The normalized spacial score (nSPS) is 21.5. The van der Waals surface area contributed by atoms with Gasteiger partial charge in [0.15, 0.2) is 5.96 Å². The van der Waals surface area contributed by atoms with Crippen molar-refractivity contribution in [2.24, 2.45) is 10.7 Å². The van der Waals surface area contributed by atoms with Crippen LogP contribution >= 0.6 is 11.6 Å². The molecule has 1 aliphatic heterocycles. The number of nitrogens with two attached hydrogens (primary N) is 1. The highest BCUT2D eigenvalue weighted by Gasteiger charge is 2.24. The average Bonchev–Trinajstić information content (AvgIpc) is 2.48. The highest BCUT2D eigenvalue weighted by atomic mass is 35.5. The van der Waals surface area contributed by atoms with Gasteiger partial charge in [0.05, 0.1) is 12.1 Å². The van der Waals surface area contributed by atoms with Crippen LogP contribution in [0.25, 0.3) is 0 Å². The minimum Gasteiger partial charge on any atom is -0.370 e. The van der Waals surface area contributed by atoms with E-state index in [1.807, 2.05) is 24.3 Å². The molecule has 2 unspecified atom stereocenters. The Kier molecular flexibility index (Phi) is 3.80. The van der Waals surface area contributed by atoms with Gasteiger partial charge in [0.25, 0.3) is 0 Å². The Hall–Kier alpha value is -2.07. The lowest BCUT2D eigenvalue weighted by molar-refractivity contribution is 0.486. The molecule has 1 heterocycles. The molecule has 108 valence electrons. The van der Waals surface area contributed by atoms with Gasteiger partial charge in [-0.2, -0.15) is 0 Å². The first kappa shape index (κ1) is 13.9. The second-order valence-electron chi connectivity index (χ2n) is 5.07. The van der Waals surface area contributed by atoms with Crippen LogP contribution in [0.1, 0.15) is 29.6 Å². The third kappa shape index (κ3) is 3.16. The first-order valence-corrected chi connectivity index (χ1v) is 7.10. The van der Waals surface area contributed by atoms with Crippen molar-refractivity contribution in [1.82, 2.24) is 5.32 Å². The maximum Gasteiger partial charge on any atom is 0.189 e. The highest BCUT2D eigenvalue weighted by molar-refractivity contribution is 6.30. The monoisotopic (exact) mass is 303 g/mol. The largest absolute Gasteiger partial charge is 0.370 e. The van der Waals surface area contributed by atoms with E-state index in [9.17, 15) is 4.39 Å². The summed E-state index contributed by atoms with van der Waals surface area (Å²) < 4.78 is 13.0. The van der Waals surface area contributed by atoms with E-state index < -0.39 is 0 Å². The van der Waals surface area contributed by atoms with Crippen molar-refractivity contribution in [3.05, 3.63) is 70.5 Å². The quantitative estimate of drug-likeness (QED) is 0.891. The van der Waals surface area contributed by atoms with E-state index in [2.05, 4.69) is 10.3 Å². The van der Waals surface area contributed by atoms with Gasteiger partial charge in [-0.05, 0) is 41.8 Å². The maximum absolute atomic E-state index is 13.0. The number of nitrogens with zero attached hydrogens (tertiary/aromatic N) is 1. The van der Waals surface area contributed by atoms with E-state index in [1.54, 1.807) is 12.1 Å². The summed E-state index contributed by atoms with van der Waals surface area (Å²) in [7, 11) is 0. The molecular formula is C16H15ClFN3. The summed E-state index contributed by atoms with van der Waals surface area (Å²) in [6.45, 7) is 0. The summed E-state index contributed by atoms with van der Waals surface area (Å²) in [6.07, 6.45) is 0.758. The van der Waals surface area contributed by atoms with Gasteiger partial charge in [0.1, 0.15) is 5.82 Å². The predicted octanol–water partition coefficient (Wildman–Crippen LogP) is 3.57. The molecule has 2 atom stereocenters. The van der Waals surface area contributed by atoms with Crippen molar-refractivity contribution < 1.29 is 4.39 Å². The summed E-state index contributed by atoms with van der Waals surface area (Å²) >= 11 is 5.91. The van der Waals surface area contributed by atoms with Gasteiger partial charge in [-0.15, -0.1) is 0 Å². The first-order valence-electron chi connectivity index (χ1n) is 6.72. The van der Waals surface area contributed by atoms with E-state index in [-0.39, 0.29) is 17.9 Å². The van der Waals surface area contributed by atoms with Gasteiger partial charge in [-0.3, -0.25) is 0 Å². The fourth-order valence-corrected chi connectivity index (χ4v) is 2.65. The van der Waals surface area contributed by atoms with E-state index >= 15 is 0 Å². The Labute approximate surface area is 127 Å². The lowest BCUT2D eigenvalue weighted by atomic mass is 9.94. The molecule has 3 nitrogen and oxygen atoms in total. The summed E-state index contributed by atoms with van der Waals surface area (Å²) in [4.78, 5) is 4.44. The zero-order valence-corrected chi connectivity index (χ0v) is 12.0. The van der Waals surface area contributed by atoms with Crippen molar-refractivity contribution in [3.63, 3.8) is 0 Å². The molecule has 0 aromatic heterocycles. The molecule has 1 aliphatic rings. The SMILES string of the molecule is NC1=NC(c2ccc(Cl)cc2)CC(c2ccc(F)cc2)N1. The van der Waals surface area contributed by atoms with Crippen LogP contribution in [-0.2, 0) is 0 Å². The number of halogens is 2. The van der Waals surface area contributed by atoms with E-state index in [0.717, 1.165) is 17.5 Å². The Morgan fingerprint density at radius 1 is 1.05 bits per heavy atom. The molecule has 0 bridgehead atoms. The van der Waals surface area contributed by atoms with Crippen LogP contribution in [0.5, 0.6) is 0 Å². The van der Waals surface area contributed by atoms with Crippen LogP contribution in [0.2, 0.25) is 5.02 Å². The fraction of sp³-hybridized carbons (Fsp3) is 0.188. The third-order valence-electron chi connectivity index (χ3n) is 3.60. The molecule has 0 aliphatic carbocycles. The maximum atomic E-state index is 13.0. The van der Waals surface area contributed by atoms with Crippen molar-refractivity contribution in [2.45, 2.75) is 18.5 Å². The zero-order valence-electron chi connectivity index (χ0n) is 11.3. The van der Waals surface area contributed by atoms with E-state index in [0.29, 0.717) is 11.0 Å². The Bertz CT molecular complexity index is 652. The molecule has 0 saturated heterocycles. The summed E-state index contributed by atoms with van der Waals surface area (Å²) in [6, 6.07) is 14.0. The van der Waals surface area contributed by atoms with Crippen LogP contribution in [0.4, 0.5) is 4.39 Å². The fourth-order valence-electron chi connectivity index (χ4n) is 2.53. The molecule has 5 heteroatoms. The molecule has 3 rings (SSSR count). The minimum absolute atomic E-state index is 0.0174. The van der Waals surface area contributed by atoms with Crippen molar-refractivity contribution in [3.8, 4) is 0 Å². The van der Waals surface area contributed by atoms with Gasteiger partial charge in [0.2, 0.25) is 0 Å². The molecule has 0 saturated carbocycles. The molecule has 0 fully saturated rings. The second-order valence-corrected chi connectivity index (χ2v) is 5.50. The van der Waals surface area contributed by atoms with Crippen LogP contribution in [-0.4, -0.2) is 5.96 Å². The van der Waals surface area contributed by atoms with Gasteiger partial charge in [-0.1, -0.05) is 35.9 Å². The first-order chi connectivity index (χ1) is 10.1. The third-order valence-corrected chi connectivity index (χ3v) is 3.86.